The van der Waals surface area contributed by atoms with Crippen LogP contribution in [0, 0.1) is 24.7 Å². The molecule has 3 rings (SSSR count). The number of aromatic nitrogens is 2. The maximum atomic E-state index is 12.7. The van der Waals surface area contributed by atoms with Gasteiger partial charge in [0.1, 0.15) is 16.2 Å². The topological polar surface area (TPSA) is 72.0 Å². The van der Waals surface area contributed by atoms with Gasteiger partial charge in [0.15, 0.2) is 5.16 Å². The number of hydrogen-bond acceptors (Lipinski definition) is 6. The molecule has 4 atom stereocenters. The Labute approximate surface area is 168 Å². The Morgan fingerprint density at radius 3 is 2.81 bits per heavy atom. The van der Waals surface area contributed by atoms with E-state index in [1.807, 2.05) is 19.9 Å². The normalized spacial score (nSPS) is 24.3. The Morgan fingerprint density at radius 2 is 2.11 bits per heavy atom. The van der Waals surface area contributed by atoms with E-state index in [0.29, 0.717) is 33.1 Å². The smallest absolute Gasteiger partial charge is 0.319 e. The van der Waals surface area contributed by atoms with Crippen molar-refractivity contribution in [2.24, 2.45) is 17.8 Å². The van der Waals surface area contributed by atoms with E-state index in [1.54, 1.807) is 0 Å². The molecule has 27 heavy (non-hydrogen) atoms. The molecule has 2 aromatic rings. The minimum absolute atomic E-state index is 0.0151. The minimum atomic E-state index is -0.420. The lowest BCUT2D eigenvalue weighted by molar-refractivity contribution is -0.154. The van der Waals surface area contributed by atoms with Crippen molar-refractivity contribution in [3.05, 3.63) is 21.3 Å². The Morgan fingerprint density at radius 1 is 1.37 bits per heavy atom. The largest absolute Gasteiger partial charge is 0.461 e. The van der Waals surface area contributed by atoms with Crippen LogP contribution in [-0.2, 0) is 9.53 Å². The van der Waals surface area contributed by atoms with Crippen molar-refractivity contribution in [3.8, 4) is 0 Å². The van der Waals surface area contributed by atoms with Crippen LogP contribution in [0.15, 0.2) is 16.0 Å². The summed E-state index contributed by atoms with van der Waals surface area (Å²) in [4.78, 5) is 33.9. The van der Waals surface area contributed by atoms with Crippen molar-refractivity contribution in [2.45, 2.75) is 70.4 Å². The summed E-state index contributed by atoms with van der Waals surface area (Å²) in [6.45, 7) is 10.4. The predicted octanol–water partition coefficient (Wildman–Crippen LogP) is 4.78. The summed E-state index contributed by atoms with van der Waals surface area (Å²) in [5.41, 5.74) is -0.159. The fraction of sp³-hybridized carbons (Fsp3) is 0.650. The van der Waals surface area contributed by atoms with Crippen LogP contribution in [-0.4, -0.2) is 27.3 Å². The van der Waals surface area contributed by atoms with Gasteiger partial charge < -0.3 is 9.72 Å². The van der Waals surface area contributed by atoms with Gasteiger partial charge in [-0.15, -0.1) is 11.3 Å². The van der Waals surface area contributed by atoms with E-state index in [-0.39, 0.29) is 17.6 Å². The van der Waals surface area contributed by atoms with Crippen molar-refractivity contribution in [3.63, 3.8) is 0 Å². The molecule has 0 bridgehead atoms. The van der Waals surface area contributed by atoms with Crippen LogP contribution in [0.1, 0.15) is 51.8 Å². The molecule has 0 amide bonds. The number of esters is 1. The second-order valence-electron chi connectivity index (χ2n) is 8.01. The molecule has 1 saturated carbocycles. The Kier molecular flexibility index (Phi) is 6.31. The third kappa shape index (κ3) is 4.74. The average molecular weight is 409 g/mol. The van der Waals surface area contributed by atoms with Crippen LogP contribution >= 0.6 is 23.1 Å². The first-order valence-corrected chi connectivity index (χ1v) is 11.3. The molecule has 1 fully saturated rings. The monoisotopic (exact) mass is 408 g/mol. The lowest BCUT2D eigenvalue weighted by Gasteiger charge is -2.37. The first kappa shape index (κ1) is 20.4. The summed E-state index contributed by atoms with van der Waals surface area (Å²) >= 11 is 2.74. The van der Waals surface area contributed by atoms with Gasteiger partial charge in [0.05, 0.1) is 5.39 Å². The number of rotatable bonds is 5. The minimum Gasteiger partial charge on any atom is -0.461 e. The van der Waals surface area contributed by atoms with Crippen molar-refractivity contribution in [1.29, 1.82) is 0 Å². The number of ether oxygens (including phenoxy) is 1. The SMILES string of the molecule is Cc1cc2c(=O)[nH]c(SC(C)C(=O)OC3CC(C)CCC3C(C)C)nc2s1. The molecule has 7 heteroatoms. The number of nitrogens with zero attached hydrogens (tertiary/aromatic N) is 1. The average Bonchev–Trinajstić information content (AvgIpc) is 2.95. The highest BCUT2D eigenvalue weighted by molar-refractivity contribution is 8.00. The number of carbonyl (C=O) groups excluding carboxylic acids is 1. The number of aromatic amines is 1. The van der Waals surface area contributed by atoms with E-state index in [1.165, 1.54) is 29.5 Å². The predicted molar refractivity (Wildman–Crippen MR) is 112 cm³/mol. The molecule has 1 aliphatic carbocycles. The van der Waals surface area contributed by atoms with Gasteiger partial charge >= 0.3 is 5.97 Å². The van der Waals surface area contributed by atoms with Crippen LogP contribution in [0.3, 0.4) is 0 Å². The molecule has 148 valence electrons. The van der Waals surface area contributed by atoms with E-state index in [2.05, 4.69) is 30.7 Å². The molecular formula is C20H28N2O3S2. The zero-order valence-electron chi connectivity index (χ0n) is 16.6. The second kappa shape index (κ2) is 8.35. The van der Waals surface area contributed by atoms with E-state index in [4.69, 9.17) is 4.74 Å². The maximum Gasteiger partial charge on any atom is 0.319 e. The standard InChI is InChI=1S/C20H28N2O3S2/c1-10(2)14-7-6-11(3)8-16(14)25-19(24)13(5)27-20-21-17(23)15-9-12(4)26-18(15)22-20/h9-11,13-14,16H,6-8H2,1-5H3,(H,21,22,23). The lowest BCUT2D eigenvalue weighted by atomic mass is 9.75. The second-order valence-corrected chi connectivity index (χ2v) is 10.6. The molecule has 0 spiro atoms. The summed E-state index contributed by atoms with van der Waals surface area (Å²) in [5.74, 6) is 1.28. The number of thioether (sulfide) groups is 1. The van der Waals surface area contributed by atoms with Gasteiger partial charge in [-0.3, -0.25) is 9.59 Å². The third-order valence-electron chi connectivity index (χ3n) is 5.35. The number of nitrogens with one attached hydrogen (secondary N) is 1. The highest BCUT2D eigenvalue weighted by Crippen LogP contribution is 2.36. The molecular weight excluding hydrogens is 380 g/mol. The van der Waals surface area contributed by atoms with E-state index < -0.39 is 5.25 Å². The van der Waals surface area contributed by atoms with Crippen LogP contribution in [0.4, 0.5) is 0 Å². The van der Waals surface area contributed by atoms with Crippen molar-refractivity contribution in [1.82, 2.24) is 9.97 Å². The molecule has 2 heterocycles. The first-order valence-electron chi connectivity index (χ1n) is 9.62. The first-order chi connectivity index (χ1) is 12.7. The highest BCUT2D eigenvalue weighted by atomic mass is 32.2. The number of fused-ring (bicyclic) bond motifs is 1. The Bertz CT molecular complexity index is 874. The zero-order chi connectivity index (χ0) is 19.7. The van der Waals surface area contributed by atoms with Crippen LogP contribution in [0.2, 0.25) is 0 Å². The molecule has 0 aromatic carbocycles. The third-order valence-corrected chi connectivity index (χ3v) is 7.26. The van der Waals surface area contributed by atoms with Crippen molar-refractivity contribution in [2.75, 3.05) is 0 Å². The van der Waals surface area contributed by atoms with Gasteiger partial charge in [0.2, 0.25) is 0 Å². The van der Waals surface area contributed by atoms with Gasteiger partial charge in [-0.2, -0.15) is 0 Å². The van der Waals surface area contributed by atoms with Gasteiger partial charge in [-0.1, -0.05) is 39.0 Å². The van der Waals surface area contributed by atoms with E-state index >= 15 is 0 Å². The van der Waals surface area contributed by atoms with Crippen molar-refractivity contribution >= 4 is 39.3 Å². The van der Waals surface area contributed by atoms with Gasteiger partial charge in [0.25, 0.3) is 5.56 Å². The van der Waals surface area contributed by atoms with Gasteiger partial charge in [0, 0.05) is 4.88 Å². The molecule has 4 unspecified atom stereocenters. The zero-order valence-corrected chi connectivity index (χ0v) is 18.2. The number of H-pyrrole nitrogens is 1. The van der Waals surface area contributed by atoms with E-state index in [9.17, 15) is 9.59 Å². The fourth-order valence-corrected chi connectivity index (χ4v) is 5.52. The van der Waals surface area contributed by atoms with E-state index in [0.717, 1.165) is 17.7 Å². The summed E-state index contributed by atoms with van der Waals surface area (Å²) in [7, 11) is 0. The highest BCUT2D eigenvalue weighted by Gasteiger charge is 2.34. The molecule has 0 aliphatic heterocycles. The molecule has 2 aromatic heterocycles. The van der Waals surface area contributed by atoms with Gasteiger partial charge in [-0.05, 0) is 50.5 Å². The number of hydrogen-bond donors (Lipinski definition) is 1. The lowest BCUT2D eigenvalue weighted by Crippen LogP contribution is -2.37. The van der Waals surface area contributed by atoms with Crippen LogP contribution in [0.25, 0.3) is 10.2 Å². The molecule has 1 aliphatic rings. The van der Waals surface area contributed by atoms with Crippen LogP contribution < -0.4 is 5.56 Å². The van der Waals surface area contributed by atoms with Crippen LogP contribution in [0.5, 0.6) is 0 Å². The number of carbonyl (C=O) groups is 1. The Hall–Kier alpha value is -1.34. The molecule has 5 nitrogen and oxygen atoms in total. The summed E-state index contributed by atoms with van der Waals surface area (Å²) in [6.07, 6.45) is 3.23. The summed E-state index contributed by atoms with van der Waals surface area (Å²) in [5, 5.41) is 0.654. The van der Waals surface area contributed by atoms with Crippen molar-refractivity contribution < 1.29 is 9.53 Å². The maximum absolute atomic E-state index is 12.7. The fourth-order valence-electron chi connectivity index (χ4n) is 3.80. The van der Waals surface area contributed by atoms with Gasteiger partial charge in [-0.25, -0.2) is 4.98 Å². The number of thiophene rings is 1. The summed E-state index contributed by atoms with van der Waals surface area (Å²) < 4.78 is 5.91. The number of aryl methyl sites for hydroxylation is 1. The Balaban J connectivity index is 1.69. The quantitative estimate of drug-likeness (QED) is 0.438. The summed E-state index contributed by atoms with van der Waals surface area (Å²) in [6, 6.07) is 1.84. The molecule has 0 saturated heterocycles. The molecule has 1 N–H and O–H groups in total. The molecule has 0 radical (unpaired) electrons.